The van der Waals surface area contributed by atoms with Gasteiger partial charge in [-0.15, -0.1) is 0 Å². The van der Waals surface area contributed by atoms with Gasteiger partial charge in [0.2, 0.25) is 0 Å². The summed E-state index contributed by atoms with van der Waals surface area (Å²) >= 11 is 0. The third-order valence-electron chi connectivity index (χ3n) is 0.928. The second kappa shape index (κ2) is 6.22. The van der Waals surface area contributed by atoms with Crippen LogP contribution in [0.4, 0.5) is 0 Å². The van der Waals surface area contributed by atoms with Crippen LogP contribution in [0.15, 0.2) is 36.8 Å². The summed E-state index contributed by atoms with van der Waals surface area (Å²) < 4.78 is 9.23. The number of esters is 1. The molecule has 0 atom stereocenters. The summed E-state index contributed by atoms with van der Waals surface area (Å²) in [5.41, 5.74) is 0.371. The normalized spacial score (nSPS) is 10.5. The highest BCUT2D eigenvalue weighted by Crippen LogP contribution is 1.92. The molecule has 3 heteroatoms. The summed E-state index contributed by atoms with van der Waals surface area (Å²) in [7, 11) is 1.53. The topological polar surface area (TPSA) is 35.5 Å². The molecular weight excluding hydrogens is 156 g/mol. The van der Waals surface area contributed by atoms with Crippen molar-refractivity contribution >= 4 is 5.97 Å². The number of hydrogen-bond acceptors (Lipinski definition) is 3. The SMILES string of the molecule is C=C(C)C(=O)O/C=C\C=C/OC. The maximum Gasteiger partial charge on any atom is 0.337 e. The van der Waals surface area contributed by atoms with Crippen LogP contribution in [-0.4, -0.2) is 13.1 Å². The van der Waals surface area contributed by atoms with Gasteiger partial charge in [0, 0.05) is 5.57 Å². The molecule has 0 aliphatic rings. The van der Waals surface area contributed by atoms with E-state index in [-0.39, 0.29) is 0 Å². The van der Waals surface area contributed by atoms with Gasteiger partial charge in [-0.1, -0.05) is 6.58 Å². The van der Waals surface area contributed by atoms with Crippen LogP contribution >= 0.6 is 0 Å². The summed E-state index contributed by atoms with van der Waals surface area (Å²) in [5.74, 6) is -0.433. The molecule has 0 heterocycles. The lowest BCUT2D eigenvalue weighted by Gasteiger charge is -1.94. The first-order valence-electron chi connectivity index (χ1n) is 3.39. The molecule has 12 heavy (non-hydrogen) atoms. The Bertz CT molecular complexity index is 214. The molecule has 0 spiro atoms. The largest absolute Gasteiger partial charge is 0.504 e. The van der Waals surface area contributed by atoms with Gasteiger partial charge in [-0.25, -0.2) is 4.79 Å². The molecule has 0 aliphatic heterocycles. The van der Waals surface area contributed by atoms with Crippen LogP contribution in [0.3, 0.4) is 0 Å². The van der Waals surface area contributed by atoms with E-state index in [1.165, 1.54) is 19.6 Å². The number of hydrogen-bond donors (Lipinski definition) is 0. The van der Waals surface area contributed by atoms with Gasteiger partial charge in [-0.2, -0.15) is 0 Å². The average Bonchev–Trinajstić information content (AvgIpc) is 2.03. The van der Waals surface area contributed by atoms with Crippen LogP contribution in [0, 0.1) is 0 Å². The van der Waals surface area contributed by atoms with Crippen LogP contribution in [0.2, 0.25) is 0 Å². The minimum Gasteiger partial charge on any atom is -0.504 e. The van der Waals surface area contributed by atoms with Crippen LogP contribution in [0.1, 0.15) is 6.92 Å². The zero-order valence-electron chi connectivity index (χ0n) is 7.24. The fraction of sp³-hybridized carbons (Fsp3) is 0.222. The smallest absolute Gasteiger partial charge is 0.337 e. The number of ether oxygens (including phenoxy) is 2. The number of methoxy groups -OCH3 is 1. The molecule has 0 radical (unpaired) electrons. The van der Waals surface area contributed by atoms with Crippen molar-refractivity contribution in [3.8, 4) is 0 Å². The Morgan fingerprint density at radius 3 is 2.42 bits per heavy atom. The molecule has 0 fully saturated rings. The lowest BCUT2D eigenvalue weighted by Crippen LogP contribution is -1.98. The lowest BCUT2D eigenvalue weighted by atomic mass is 10.4. The third kappa shape index (κ3) is 5.29. The number of carbonyl (C=O) groups is 1. The van der Waals surface area contributed by atoms with E-state index < -0.39 is 5.97 Å². The molecule has 0 aliphatic carbocycles. The molecule has 0 rings (SSSR count). The minimum absolute atomic E-state index is 0.371. The van der Waals surface area contributed by atoms with Gasteiger partial charge in [-0.3, -0.25) is 0 Å². The molecule has 0 saturated heterocycles. The molecule has 66 valence electrons. The predicted molar refractivity (Wildman–Crippen MR) is 46.2 cm³/mol. The standard InChI is InChI=1S/C9H12O3/c1-8(2)9(10)12-7-5-4-6-11-3/h4-7H,1H2,2-3H3/b6-4-,7-5-. The van der Waals surface area contributed by atoms with Crippen molar-refractivity contribution in [1.29, 1.82) is 0 Å². The molecule has 0 saturated carbocycles. The van der Waals surface area contributed by atoms with Crippen molar-refractivity contribution in [2.45, 2.75) is 6.92 Å². The molecule has 0 bridgehead atoms. The highest BCUT2D eigenvalue weighted by Gasteiger charge is 1.97. The lowest BCUT2D eigenvalue weighted by molar-refractivity contribution is -0.133. The molecule has 0 aromatic rings. The highest BCUT2D eigenvalue weighted by atomic mass is 16.5. The Balaban J connectivity index is 3.68. The molecule has 0 aromatic carbocycles. The maximum absolute atomic E-state index is 10.7. The summed E-state index contributed by atoms with van der Waals surface area (Å²) in [6.07, 6.45) is 5.88. The number of rotatable bonds is 4. The van der Waals surface area contributed by atoms with Gasteiger partial charge in [0.15, 0.2) is 0 Å². The van der Waals surface area contributed by atoms with E-state index in [9.17, 15) is 4.79 Å². The average molecular weight is 168 g/mol. The van der Waals surface area contributed by atoms with Crippen molar-refractivity contribution in [2.75, 3.05) is 7.11 Å². The van der Waals surface area contributed by atoms with Gasteiger partial charge >= 0.3 is 5.97 Å². The van der Waals surface area contributed by atoms with Gasteiger partial charge in [0.1, 0.15) is 0 Å². The first-order valence-corrected chi connectivity index (χ1v) is 3.39. The fourth-order valence-corrected chi connectivity index (χ4v) is 0.371. The van der Waals surface area contributed by atoms with Crippen LogP contribution in [0.5, 0.6) is 0 Å². The zero-order chi connectivity index (χ0) is 9.40. The Labute approximate surface area is 72.0 Å². The van der Waals surface area contributed by atoms with E-state index in [2.05, 4.69) is 16.1 Å². The number of carbonyl (C=O) groups excluding carboxylic acids is 1. The summed E-state index contributed by atoms with van der Waals surface area (Å²) in [6.45, 7) is 5.00. The Morgan fingerprint density at radius 1 is 1.33 bits per heavy atom. The maximum atomic E-state index is 10.7. The van der Waals surface area contributed by atoms with Crippen molar-refractivity contribution in [3.05, 3.63) is 36.8 Å². The number of allylic oxidation sites excluding steroid dienone is 2. The third-order valence-corrected chi connectivity index (χ3v) is 0.928. The van der Waals surface area contributed by atoms with E-state index in [0.717, 1.165) is 0 Å². The summed E-state index contributed by atoms with van der Waals surface area (Å²) in [5, 5.41) is 0. The van der Waals surface area contributed by atoms with E-state index in [0.29, 0.717) is 5.57 Å². The van der Waals surface area contributed by atoms with Gasteiger partial charge < -0.3 is 9.47 Å². The van der Waals surface area contributed by atoms with Crippen molar-refractivity contribution in [3.63, 3.8) is 0 Å². The predicted octanol–water partition coefficient (Wildman–Crippen LogP) is 1.78. The molecule has 0 N–H and O–H groups in total. The van der Waals surface area contributed by atoms with Crippen LogP contribution in [0.25, 0.3) is 0 Å². The van der Waals surface area contributed by atoms with Crippen LogP contribution in [-0.2, 0) is 14.3 Å². The first kappa shape index (κ1) is 10.5. The monoisotopic (exact) mass is 168 g/mol. The van der Waals surface area contributed by atoms with Crippen molar-refractivity contribution < 1.29 is 14.3 Å². The first-order chi connectivity index (χ1) is 5.68. The Morgan fingerprint density at radius 2 is 1.92 bits per heavy atom. The van der Waals surface area contributed by atoms with E-state index >= 15 is 0 Å². The fourth-order valence-electron chi connectivity index (χ4n) is 0.371. The summed E-state index contributed by atoms with van der Waals surface area (Å²) in [6, 6.07) is 0. The van der Waals surface area contributed by atoms with Gasteiger partial charge in [-0.05, 0) is 19.1 Å². The van der Waals surface area contributed by atoms with Gasteiger partial charge in [0.05, 0.1) is 19.6 Å². The Hall–Kier alpha value is -1.51. The second-order valence-corrected chi connectivity index (χ2v) is 2.08. The van der Waals surface area contributed by atoms with Crippen LogP contribution < -0.4 is 0 Å². The molecule has 0 amide bonds. The van der Waals surface area contributed by atoms with E-state index in [4.69, 9.17) is 0 Å². The second-order valence-electron chi connectivity index (χ2n) is 2.08. The zero-order valence-corrected chi connectivity index (χ0v) is 7.24. The van der Waals surface area contributed by atoms with Gasteiger partial charge in [0.25, 0.3) is 0 Å². The summed E-state index contributed by atoms with van der Waals surface area (Å²) in [4.78, 5) is 10.7. The molecular formula is C9H12O3. The minimum atomic E-state index is -0.433. The van der Waals surface area contributed by atoms with Crippen molar-refractivity contribution in [1.82, 2.24) is 0 Å². The van der Waals surface area contributed by atoms with E-state index in [1.54, 1.807) is 19.1 Å². The molecule has 3 nitrogen and oxygen atoms in total. The highest BCUT2D eigenvalue weighted by molar-refractivity contribution is 5.87. The molecule has 0 unspecified atom stereocenters. The molecule has 0 aromatic heterocycles. The van der Waals surface area contributed by atoms with Crippen molar-refractivity contribution in [2.24, 2.45) is 0 Å². The quantitative estimate of drug-likeness (QED) is 0.278. The van der Waals surface area contributed by atoms with E-state index in [1.807, 2.05) is 0 Å². The Kier molecular flexibility index (Phi) is 5.43.